The first kappa shape index (κ1) is 11.7. The van der Waals surface area contributed by atoms with Crippen molar-refractivity contribution in [2.45, 2.75) is 12.5 Å². The molecule has 0 heterocycles. The van der Waals surface area contributed by atoms with Crippen LogP contribution in [-0.4, -0.2) is 26.2 Å². The molecule has 0 bridgehead atoms. The highest BCUT2D eigenvalue weighted by Crippen LogP contribution is 2.04. The van der Waals surface area contributed by atoms with Crippen molar-refractivity contribution in [1.29, 1.82) is 0 Å². The second-order valence-corrected chi connectivity index (χ2v) is 3.10. The number of carbonyl (C=O) groups is 1. The third-order valence-corrected chi connectivity index (χ3v) is 2.08. The van der Waals surface area contributed by atoms with Crippen LogP contribution in [0, 0.1) is 0 Å². The number of benzene rings is 1. The second kappa shape index (κ2) is 6.16. The summed E-state index contributed by atoms with van der Waals surface area (Å²) in [4.78, 5) is 20.2. The number of nitrogens with one attached hydrogen (secondary N) is 1. The van der Waals surface area contributed by atoms with Crippen molar-refractivity contribution in [1.82, 2.24) is 5.32 Å². The van der Waals surface area contributed by atoms with Gasteiger partial charge in [0.05, 0.1) is 7.11 Å². The molecule has 1 N–H and O–H groups in total. The molecule has 1 aromatic rings. The van der Waals surface area contributed by atoms with E-state index in [9.17, 15) is 4.79 Å². The molecule has 4 heteroatoms. The van der Waals surface area contributed by atoms with Gasteiger partial charge < -0.3 is 5.32 Å². The van der Waals surface area contributed by atoms with Crippen molar-refractivity contribution >= 4 is 5.97 Å². The zero-order chi connectivity index (χ0) is 11.1. The second-order valence-electron chi connectivity index (χ2n) is 3.10. The van der Waals surface area contributed by atoms with E-state index in [-0.39, 0.29) is 6.04 Å². The summed E-state index contributed by atoms with van der Waals surface area (Å²) in [7, 11) is 3.03. The van der Waals surface area contributed by atoms with Gasteiger partial charge in [-0.05, 0) is 19.0 Å². The molecular formula is C11H15NO3. The van der Waals surface area contributed by atoms with Gasteiger partial charge in [-0.3, -0.25) is 4.89 Å². The third kappa shape index (κ3) is 3.69. The largest absolute Gasteiger partial charge is 0.359 e. The molecule has 1 aromatic carbocycles. The molecule has 4 nitrogen and oxygen atoms in total. The SMILES string of the molecule is CN[C@@H](Cc1ccccc1)C(=O)OOC. The van der Waals surface area contributed by atoms with Gasteiger partial charge in [0, 0.05) is 0 Å². The van der Waals surface area contributed by atoms with Crippen LogP contribution in [0.15, 0.2) is 30.3 Å². The number of carbonyl (C=O) groups excluding carboxylic acids is 1. The molecule has 82 valence electrons. The molecule has 0 aliphatic heterocycles. The fraction of sp³-hybridized carbons (Fsp3) is 0.364. The van der Waals surface area contributed by atoms with Gasteiger partial charge in [0.25, 0.3) is 0 Å². The predicted molar refractivity (Wildman–Crippen MR) is 56.1 cm³/mol. The predicted octanol–water partition coefficient (Wildman–Crippen LogP) is 0.922. The molecule has 15 heavy (non-hydrogen) atoms. The molecule has 1 atom stereocenters. The van der Waals surface area contributed by atoms with Gasteiger partial charge in [-0.2, -0.15) is 4.89 Å². The van der Waals surface area contributed by atoms with Gasteiger partial charge in [-0.1, -0.05) is 30.3 Å². The van der Waals surface area contributed by atoms with Crippen molar-refractivity contribution in [3.63, 3.8) is 0 Å². The van der Waals surface area contributed by atoms with Crippen LogP contribution >= 0.6 is 0 Å². The quantitative estimate of drug-likeness (QED) is 0.578. The van der Waals surface area contributed by atoms with Gasteiger partial charge in [0.2, 0.25) is 0 Å². The van der Waals surface area contributed by atoms with E-state index >= 15 is 0 Å². The Morgan fingerprint density at radius 1 is 1.40 bits per heavy atom. The van der Waals surface area contributed by atoms with Crippen molar-refractivity contribution in [3.05, 3.63) is 35.9 Å². The summed E-state index contributed by atoms with van der Waals surface area (Å²) in [6.07, 6.45) is 0.583. The molecule has 1 rings (SSSR count). The molecule has 0 spiro atoms. The Balaban J connectivity index is 2.58. The van der Waals surface area contributed by atoms with Crippen LogP contribution in [0.5, 0.6) is 0 Å². The van der Waals surface area contributed by atoms with Gasteiger partial charge >= 0.3 is 5.97 Å². The zero-order valence-corrected chi connectivity index (χ0v) is 8.90. The van der Waals surface area contributed by atoms with Gasteiger partial charge in [0.1, 0.15) is 6.04 Å². The number of likely N-dealkylation sites (N-methyl/N-ethyl adjacent to an activating group) is 1. The Morgan fingerprint density at radius 2 is 2.07 bits per heavy atom. The summed E-state index contributed by atoms with van der Waals surface area (Å²) in [5.41, 5.74) is 1.07. The lowest BCUT2D eigenvalue weighted by Crippen LogP contribution is -2.37. The average Bonchev–Trinajstić information content (AvgIpc) is 2.27. The first-order valence-electron chi connectivity index (χ1n) is 4.73. The minimum atomic E-state index is -0.413. The molecule has 0 saturated heterocycles. The first-order valence-corrected chi connectivity index (χ1v) is 4.73. The monoisotopic (exact) mass is 209 g/mol. The maximum absolute atomic E-state index is 11.4. The summed E-state index contributed by atoms with van der Waals surface area (Å²) in [6.45, 7) is 0. The van der Waals surface area contributed by atoms with Crippen molar-refractivity contribution in [2.75, 3.05) is 14.2 Å². The Bertz CT molecular complexity index is 300. The van der Waals surface area contributed by atoms with Crippen LogP contribution in [0.3, 0.4) is 0 Å². The first-order chi connectivity index (χ1) is 7.27. The van der Waals surface area contributed by atoms with Gasteiger partial charge in [0.15, 0.2) is 0 Å². The van der Waals surface area contributed by atoms with E-state index in [0.717, 1.165) is 5.56 Å². The lowest BCUT2D eigenvalue weighted by molar-refractivity contribution is -0.256. The number of hydrogen-bond donors (Lipinski definition) is 1. The number of hydrogen-bond acceptors (Lipinski definition) is 4. The Labute approximate surface area is 89.1 Å². The Hall–Kier alpha value is -1.39. The van der Waals surface area contributed by atoms with Gasteiger partial charge in [-0.25, -0.2) is 4.79 Å². The molecule has 0 amide bonds. The standard InChI is InChI=1S/C11H15NO3/c1-12-10(11(13)15-14-2)8-9-6-4-3-5-7-9/h3-7,10,12H,8H2,1-2H3/t10-/m0/s1. The summed E-state index contributed by atoms with van der Waals surface area (Å²) >= 11 is 0. The summed E-state index contributed by atoms with van der Waals surface area (Å²) in [5, 5.41) is 2.88. The fourth-order valence-corrected chi connectivity index (χ4v) is 1.29. The van der Waals surface area contributed by atoms with Crippen molar-refractivity contribution < 1.29 is 14.6 Å². The molecule has 0 radical (unpaired) electrons. The van der Waals surface area contributed by atoms with E-state index in [0.29, 0.717) is 6.42 Å². The molecule has 0 aliphatic rings. The van der Waals surface area contributed by atoms with Crippen LogP contribution in [0.25, 0.3) is 0 Å². The lowest BCUT2D eigenvalue weighted by Gasteiger charge is -2.12. The van der Waals surface area contributed by atoms with E-state index in [1.165, 1.54) is 7.11 Å². The summed E-state index contributed by atoms with van der Waals surface area (Å²) < 4.78 is 0. The summed E-state index contributed by atoms with van der Waals surface area (Å²) in [5.74, 6) is -0.413. The Kier molecular flexibility index (Phi) is 4.80. The topological polar surface area (TPSA) is 47.6 Å². The van der Waals surface area contributed by atoms with E-state index in [2.05, 4.69) is 15.1 Å². The minimum absolute atomic E-state index is 0.382. The van der Waals surface area contributed by atoms with Crippen LogP contribution in [-0.2, 0) is 21.0 Å². The molecule has 0 unspecified atom stereocenters. The van der Waals surface area contributed by atoms with Gasteiger partial charge in [-0.15, -0.1) is 0 Å². The Morgan fingerprint density at radius 3 is 2.60 bits per heavy atom. The van der Waals surface area contributed by atoms with Crippen molar-refractivity contribution in [2.24, 2.45) is 0 Å². The molecule has 0 aliphatic carbocycles. The van der Waals surface area contributed by atoms with E-state index in [4.69, 9.17) is 0 Å². The van der Waals surface area contributed by atoms with Crippen LogP contribution in [0.1, 0.15) is 5.56 Å². The molecule has 0 saturated carbocycles. The minimum Gasteiger partial charge on any atom is -0.307 e. The maximum atomic E-state index is 11.4. The lowest BCUT2D eigenvalue weighted by atomic mass is 10.1. The highest BCUT2D eigenvalue weighted by Gasteiger charge is 2.18. The highest BCUT2D eigenvalue weighted by molar-refractivity contribution is 5.75. The smallest absolute Gasteiger partial charge is 0.307 e. The molecule has 0 aromatic heterocycles. The molecular weight excluding hydrogens is 194 g/mol. The fourth-order valence-electron chi connectivity index (χ4n) is 1.29. The zero-order valence-electron chi connectivity index (χ0n) is 8.90. The van der Waals surface area contributed by atoms with Crippen LogP contribution < -0.4 is 5.32 Å². The number of rotatable bonds is 5. The highest BCUT2D eigenvalue weighted by atomic mass is 17.2. The van der Waals surface area contributed by atoms with Crippen LogP contribution in [0.2, 0.25) is 0 Å². The van der Waals surface area contributed by atoms with E-state index in [1.54, 1.807) is 7.05 Å². The maximum Gasteiger partial charge on any atom is 0.359 e. The van der Waals surface area contributed by atoms with E-state index < -0.39 is 5.97 Å². The normalized spacial score (nSPS) is 12.1. The van der Waals surface area contributed by atoms with Crippen molar-refractivity contribution in [3.8, 4) is 0 Å². The average molecular weight is 209 g/mol. The van der Waals surface area contributed by atoms with Crippen LogP contribution in [0.4, 0.5) is 0 Å². The summed E-state index contributed by atoms with van der Waals surface area (Å²) in [6, 6.07) is 9.35. The van der Waals surface area contributed by atoms with E-state index in [1.807, 2.05) is 30.3 Å². The third-order valence-electron chi connectivity index (χ3n) is 2.08. The molecule has 0 fully saturated rings.